The number of thioether (sulfide) groups is 1. The lowest BCUT2D eigenvalue weighted by Crippen LogP contribution is -2.26. The first-order chi connectivity index (χ1) is 14.6. The molecule has 4 nitrogen and oxygen atoms in total. The normalized spacial score (nSPS) is 15.6. The van der Waals surface area contributed by atoms with E-state index in [0.717, 1.165) is 32.5 Å². The number of halogens is 1. The molecule has 4 aromatic rings. The van der Waals surface area contributed by atoms with Gasteiger partial charge in [-0.3, -0.25) is 9.69 Å². The van der Waals surface area contributed by atoms with Crippen molar-refractivity contribution in [2.24, 2.45) is 0 Å². The van der Waals surface area contributed by atoms with Crippen LogP contribution in [0.5, 0.6) is 0 Å². The molecule has 3 heterocycles. The van der Waals surface area contributed by atoms with E-state index in [2.05, 4.69) is 4.98 Å². The maximum absolute atomic E-state index is 12.5. The van der Waals surface area contributed by atoms with Crippen LogP contribution in [-0.4, -0.2) is 20.1 Å². The van der Waals surface area contributed by atoms with E-state index in [0.29, 0.717) is 33.0 Å². The number of rotatable bonds is 4. The minimum absolute atomic E-state index is 0.0980. The molecule has 0 bridgehead atoms. The van der Waals surface area contributed by atoms with Gasteiger partial charge in [-0.2, -0.15) is 0 Å². The third-order valence-electron chi connectivity index (χ3n) is 4.53. The Labute approximate surface area is 191 Å². The van der Waals surface area contributed by atoms with Gasteiger partial charge in [0.1, 0.15) is 10.7 Å². The van der Waals surface area contributed by atoms with Crippen LogP contribution in [0.15, 0.2) is 70.0 Å². The van der Waals surface area contributed by atoms with Gasteiger partial charge in [0, 0.05) is 5.02 Å². The number of nitrogens with zero attached hydrogens (tertiary/aromatic N) is 2. The van der Waals surface area contributed by atoms with Gasteiger partial charge in [-0.25, -0.2) is 4.98 Å². The van der Waals surface area contributed by atoms with Crippen molar-refractivity contribution in [3.8, 4) is 10.8 Å². The van der Waals surface area contributed by atoms with Crippen LogP contribution in [-0.2, 0) is 6.54 Å². The van der Waals surface area contributed by atoms with Crippen LogP contribution in [0.2, 0.25) is 5.02 Å². The summed E-state index contributed by atoms with van der Waals surface area (Å²) in [6, 6.07) is 19.1. The fraction of sp³-hybridized carbons (Fsp3) is 0.0455. The topological polar surface area (TPSA) is 46.3 Å². The van der Waals surface area contributed by atoms with Gasteiger partial charge in [0.05, 0.1) is 21.7 Å². The Kier molecular flexibility index (Phi) is 5.20. The minimum Gasteiger partial charge on any atom is -0.454 e. The summed E-state index contributed by atoms with van der Waals surface area (Å²) in [5, 5.41) is 1.38. The molecule has 0 spiro atoms. The van der Waals surface area contributed by atoms with Crippen molar-refractivity contribution in [1.29, 1.82) is 0 Å². The summed E-state index contributed by atoms with van der Waals surface area (Å²) in [5.41, 5.74) is 1.91. The van der Waals surface area contributed by atoms with Crippen molar-refractivity contribution in [3.63, 3.8) is 0 Å². The molecule has 1 fully saturated rings. The highest BCUT2D eigenvalue weighted by Gasteiger charge is 2.32. The van der Waals surface area contributed by atoms with Crippen LogP contribution < -0.4 is 0 Å². The molecule has 1 aliphatic rings. The number of thiazole rings is 1. The SMILES string of the molecule is O=C1S/C(=C\c2ccc(-c3nc4ccccc4s3)o2)C(=S)N1Cc1ccc(Cl)cc1. The smallest absolute Gasteiger partial charge is 0.291 e. The van der Waals surface area contributed by atoms with Gasteiger partial charge in [0.2, 0.25) is 0 Å². The zero-order valence-electron chi connectivity index (χ0n) is 15.4. The highest BCUT2D eigenvalue weighted by molar-refractivity contribution is 8.19. The van der Waals surface area contributed by atoms with Gasteiger partial charge >= 0.3 is 0 Å². The standard InChI is InChI=1S/C22H13ClN2O2S3/c23-14-7-5-13(6-8-14)12-25-21(28)19(30-22(25)26)11-15-9-10-17(27-15)20-24-16-3-1-2-4-18(16)29-20/h1-11H,12H2/b19-11-. The van der Waals surface area contributed by atoms with Crippen LogP contribution in [0.4, 0.5) is 4.79 Å². The summed E-state index contributed by atoms with van der Waals surface area (Å²) in [6.07, 6.45) is 1.81. The zero-order valence-corrected chi connectivity index (χ0v) is 18.6. The molecule has 8 heteroatoms. The highest BCUT2D eigenvalue weighted by Crippen LogP contribution is 2.36. The van der Waals surface area contributed by atoms with Crippen LogP contribution in [0.25, 0.3) is 27.1 Å². The zero-order chi connectivity index (χ0) is 20.7. The number of thiocarbonyl (C=S) groups is 1. The van der Waals surface area contributed by atoms with Gasteiger partial charge in [-0.1, -0.05) is 48.1 Å². The number of hydrogen-bond donors (Lipinski definition) is 0. The Morgan fingerprint density at radius 3 is 2.70 bits per heavy atom. The summed E-state index contributed by atoms with van der Waals surface area (Å²) in [4.78, 5) is 19.9. The molecule has 30 heavy (non-hydrogen) atoms. The second kappa shape index (κ2) is 8.00. The van der Waals surface area contributed by atoms with Crippen LogP contribution in [0.1, 0.15) is 11.3 Å². The third kappa shape index (κ3) is 3.81. The van der Waals surface area contributed by atoms with Gasteiger partial charge in [0.25, 0.3) is 5.24 Å². The number of carbonyl (C=O) groups excluding carboxylic acids is 1. The number of hydrogen-bond acceptors (Lipinski definition) is 6. The molecule has 0 N–H and O–H groups in total. The molecule has 2 aromatic heterocycles. The van der Waals surface area contributed by atoms with E-state index in [1.807, 2.05) is 54.6 Å². The number of aromatic nitrogens is 1. The van der Waals surface area contributed by atoms with Gasteiger partial charge in [0.15, 0.2) is 10.8 Å². The van der Waals surface area contributed by atoms with Crippen LogP contribution >= 0.6 is 46.9 Å². The van der Waals surface area contributed by atoms with E-state index < -0.39 is 0 Å². The molecule has 148 valence electrons. The second-order valence-electron chi connectivity index (χ2n) is 6.58. The van der Waals surface area contributed by atoms with Crippen molar-refractivity contribution in [1.82, 2.24) is 9.88 Å². The van der Waals surface area contributed by atoms with Crippen molar-refractivity contribution >= 4 is 73.4 Å². The highest BCUT2D eigenvalue weighted by atomic mass is 35.5. The Balaban J connectivity index is 1.37. The van der Waals surface area contributed by atoms with Gasteiger partial charge in [-0.05, 0) is 59.8 Å². The summed E-state index contributed by atoms with van der Waals surface area (Å²) in [7, 11) is 0. The van der Waals surface area contributed by atoms with E-state index >= 15 is 0 Å². The van der Waals surface area contributed by atoms with Crippen molar-refractivity contribution in [2.45, 2.75) is 6.54 Å². The van der Waals surface area contributed by atoms with Gasteiger partial charge in [-0.15, -0.1) is 11.3 Å². The van der Waals surface area contributed by atoms with E-state index in [-0.39, 0.29) is 5.24 Å². The number of fused-ring (bicyclic) bond motifs is 1. The molecule has 2 aromatic carbocycles. The first-order valence-corrected chi connectivity index (χ1v) is 11.4. The number of carbonyl (C=O) groups is 1. The molecule has 1 saturated heterocycles. The maximum atomic E-state index is 12.5. The fourth-order valence-corrected chi connectivity index (χ4v) is 5.33. The quantitative estimate of drug-likeness (QED) is 0.233. The first-order valence-electron chi connectivity index (χ1n) is 9.02. The summed E-state index contributed by atoms with van der Waals surface area (Å²) in [6.45, 7) is 0.411. The predicted octanol–water partition coefficient (Wildman–Crippen LogP) is 7.25. The predicted molar refractivity (Wildman–Crippen MR) is 128 cm³/mol. The Morgan fingerprint density at radius 2 is 1.90 bits per heavy atom. The number of para-hydroxylation sites is 1. The summed E-state index contributed by atoms with van der Waals surface area (Å²) in [5.74, 6) is 1.33. The molecule has 5 rings (SSSR count). The van der Waals surface area contributed by atoms with Crippen molar-refractivity contribution in [2.75, 3.05) is 0 Å². The van der Waals surface area contributed by atoms with Crippen LogP contribution in [0.3, 0.4) is 0 Å². The molecule has 0 unspecified atom stereocenters. The monoisotopic (exact) mass is 468 g/mol. The van der Waals surface area contributed by atoms with E-state index in [1.165, 1.54) is 0 Å². The fourth-order valence-electron chi connectivity index (χ4n) is 3.06. The Bertz CT molecular complexity index is 1270. The van der Waals surface area contributed by atoms with Crippen molar-refractivity contribution in [3.05, 3.63) is 81.9 Å². The average Bonchev–Trinajstić information content (AvgIpc) is 3.44. The average molecular weight is 469 g/mol. The lowest BCUT2D eigenvalue weighted by molar-refractivity contribution is 0.244. The van der Waals surface area contributed by atoms with E-state index in [4.69, 9.17) is 28.2 Å². The third-order valence-corrected chi connectivity index (χ3v) is 7.33. The number of furan rings is 1. The largest absolute Gasteiger partial charge is 0.454 e. The summed E-state index contributed by atoms with van der Waals surface area (Å²) < 4.78 is 7.08. The lowest BCUT2D eigenvalue weighted by atomic mass is 10.2. The molecule has 1 aliphatic heterocycles. The first kappa shape index (κ1) is 19.5. The van der Waals surface area contributed by atoms with Crippen molar-refractivity contribution < 1.29 is 9.21 Å². The molecule has 0 atom stereocenters. The minimum atomic E-state index is -0.0980. The molecule has 0 saturated carbocycles. The maximum Gasteiger partial charge on any atom is 0.291 e. The van der Waals surface area contributed by atoms with E-state index in [9.17, 15) is 4.79 Å². The molecule has 1 amide bonds. The lowest BCUT2D eigenvalue weighted by Gasteiger charge is -2.14. The molecule has 0 aliphatic carbocycles. The van der Waals surface area contributed by atoms with E-state index in [1.54, 1.807) is 28.4 Å². The molecular formula is C22H13ClN2O2S3. The van der Waals surface area contributed by atoms with Gasteiger partial charge < -0.3 is 4.42 Å². The number of amides is 1. The Morgan fingerprint density at radius 1 is 1.10 bits per heavy atom. The molecular weight excluding hydrogens is 456 g/mol. The Hall–Kier alpha value is -2.45. The molecule has 0 radical (unpaired) electrons. The number of benzene rings is 2. The summed E-state index contributed by atoms with van der Waals surface area (Å²) >= 11 is 14.2. The van der Waals surface area contributed by atoms with Crippen LogP contribution in [0, 0.1) is 0 Å². The second-order valence-corrected chi connectivity index (χ2v) is 9.43.